The number of likely N-dealkylation sites (tertiary alicyclic amines) is 1. The van der Waals surface area contributed by atoms with Crippen LogP contribution < -0.4 is 4.74 Å². The van der Waals surface area contributed by atoms with E-state index in [1.807, 2.05) is 0 Å². The first-order valence-corrected chi connectivity index (χ1v) is 14.2. The Morgan fingerprint density at radius 1 is 1.12 bits per heavy atom. The molecule has 0 spiro atoms. The molecule has 0 aliphatic carbocycles. The minimum Gasteiger partial charge on any atom is -0.497 e. The van der Waals surface area contributed by atoms with Gasteiger partial charge in [-0.3, -0.25) is 9.59 Å². The summed E-state index contributed by atoms with van der Waals surface area (Å²) in [7, 11) is 1.46. The molecule has 1 saturated heterocycles. The molecule has 0 N–H and O–H groups in total. The number of benzene rings is 1. The van der Waals surface area contributed by atoms with Gasteiger partial charge in [0.05, 0.1) is 43.8 Å². The molecular formula is C28H32F3N3O6S. The lowest BCUT2D eigenvalue weighted by Gasteiger charge is -2.38. The highest BCUT2D eigenvalue weighted by Gasteiger charge is 2.49. The highest BCUT2D eigenvalue weighted by Crippen LogP contribution is 2.48. The van der Waals surface area contributed by atoms with E-state index in [1.54, 1.807) is 55.3 Å². The summed E-state index contributed by atoms with van der Waals surface area (Å²) in [6, 6.07) is 5.08. The average Bonchev–Trinajstić information content (AvgIpc) is 3.33. The van der Waals surface area contributed by atoms with E-state index in [4.69, 9.17) is 14.2 Å². The molecule has 3 aliphatic heterocycles. The van der Waals surface area contributed by atoms with Gasteiger partial charge in [0, 0.05) is 18.8 Å². The lowest BCUT2D eigenvalue weighted by Crippen LogP contribution is -2.43. The number of hydrogen-bond donors (Lipinski definition) is 0. The van der Waals surface area contributed by atoms with E-state index in [2.05, 4.69) is 4.99 Å². The highest BCUT2D eigenvalue weighted by molar-refractivity contribution is 8.16. The third kappa shape index (κ3) is 6.71. The summed E-state index contributed by atoms with van der Waals surface area (Å²) in [6.07, 6.45) is -4.81. The van der Waals surface area contributed by atoms with Gasteiger partial charge < -0.3 is 24.0 Å². The number of esters is 2. The van der Waals surface area contributed by atoms with Crippen molar-refractivity contribution in [2.45, 2.75) is 58.4 Å². The number of alkyl halides is 3. The van der Waals surface area contributed by atoms with Gasteiger partial charge in [-0.1, -0.05) is 23.9 Å². The van der Waals surface area contributed by atoms with Crippen molar-refractivity contribution in [3.05, 3.63) is 52.2 Å². The van der Waals surface area contributed by atoms with Crippen LogP contribution in [0.4, 0.5) is 13.2 Å². The molecular weight excluding hydrogens is 563 g/mol. The van der Waals surface area contributed by atoms with Crippen molar-refractivity contribution in [3.63, 3.8) is 0 Å². The monoisotopic (exact) mass is 595 g/mol. The van der Waals surface area contributed by atoms with Crippen molar-refractivity contribution < 1.29 is 41.8 Å². The largest absolute Gasteiger partial charge is 0.497 e. The van der Waals surface area contributed by atoms with E-state index in [9.17, 15) is 27.6 Å². The minimum absolute atomic E-state index is 0.00283. The number of carbonyl (C=O) groups excluding carboxylic acids is 3. The van der Waals surface area contributed by atoms with Gasteiger partial charge in [0.25, 0.3) is 0 Å². The van der Waals surface area contributed by atoms with Crippen LogP contribution in [0.15, 0.2) is 51.6 Å². The predicted octanol–water partition coefficient (Wildman–Crippen LogP) is 4.96. The summed E-state index contributed by atoms with van der Waals surface area (Å²) in [5, 5.41) is 1.59. The van der Waals surface area contributed by atoms with Crippen LogP contribution in [-0.2, 0) is 23.9 Å². The number of fused-ring (bicyclic) bond motifs is 1. The number of rotatable bonds is 8. The Bertz CT molecular complexity index is 1270. The highest BCUT2D eigenvalue weighted by atomic mass is 32.2. The van der Waals surface area contributed by atoms with Crippen LogP contribution in [0.5, 0.6) is 5.75 Å². The maximum absolute atomic E-state index is 14.3. The summed E-state index contributed by atoms with van der Waals surface area (Å²) < 4.78 is 58.5. The average molecular weight is 596 g/mol. The number of amides is 1. The number of ether oxygens (including phenoxy) is 3. The van der Waals surface area contributed by atoms with Crippen LogP contribution >= 0.6 is 11.8 Å². The summed E-state index contributed by atoms with van der Waals surface area (Å²) in [6.45, 7) is 5.84. The standard InChI is InChI=1S/C28H32F3N3O6S/c1-5-39-25(36)18-10-12-33(13-11-18)21(35)14-19-15-41-27-32-24(28(29,30)31)22(26(37)40-16(2)3)23(34(19)27)17-6-8-20(38-4)9-7-17/h6-9,15-16,18,23H,5,10-14H2,1-4H3. The second-order valence-electron chi connectivity index (χ2n) is 9.97. The van der Waals surface area contributed by atoms with Crippen molar-refractivity contribution in [2.24, 2.45) is 10.9 Å². The molecule has 0 saturated carbocycles. The molecule has 222 valence electrons. The van der Waals surface area contributed by atoms with Crippen molar-refractivity contribution in [2.75, 3.05) is 26.8 Å². The van der Waals surface area contributed by atoms with E-state index in [-0.39, 0.29) is 36.0 Å². The Morgan fingerprint density at radius 2 is 1.78 bits per heavy atom. The van der Waals surface area contributed by atoms with E-state index in [0.29, 0.717) is 42.9 Å². The van der Waals surface area contributed by atoms with Crippen LogP contribution in [0.25, 0.3) is 0 Å². The van der Waals surface area contributed by atoms with Gasteiger partial charge in [-0.2, -0.15) is 13.2 Å². The van der Waals surface area contributed by atoms with Crippen molar-refractivity contribution >= 4 is 34.8 Å². The fourth-order valence-corrected chi connectivity index (χ4v) is 5.87. The van der Waals surface area contributed by atoms with Gasteiger partial charge in [-0.25, -0.2) is 9.79 Å². The van der Waals surface area contributed by atoms with Gasteiger partial charge in [-0.15, -0.1) is 0 Å². The molecule has 1 fully saturated rings. The first-order valence-electron chi connectivity index (χ1n) is 13.3. The smallest absolute Gasteiger partial charge is 0.434 e. The maximum atomic E-state index is 14.3. The SMILES string of the molecule is CCOC(=O)C1CCN(C(=O)CC2=CSC3=NC(C(F)(F)F)=C(C(=O)OC(C)C)C(c4ccc(OC)cc4)N23)CC1. The van der Waals surface area contributed by atoms with Gasteiger partial charge in [0.2, 0.25) is 5.91 Å². The summed E-state index contributed by atoms with van der Waals surface area (Å²) in [5.41, 5.74) is -1.21. The van der Waals surface area contributed by atoms with Crippen molar-refractivity contribution in [1.29, 1.82) is 0 Å². The van der Waals surface area contributed by atoms with Crippen LogP contribution in [0.2, 0.25) is 0 Å². The van der Waals surface area contributed by atoms with Crippen LogP contribution in [0.3, 0.4) is 0 Å². The number of methoxy groups -OCH3 is 1. The second-order valence-corrected chi connectivity index (χ2v) is 10.8. The van der Waals surface area contributed by atoms with Gasteiger partial charge in [-0.05, 0) is 56.7 Å². The molecule has 9 nitrogen and oxygen atoms in total. The number of halogens is 3. The molecule has 3 heterocycles. The van der Waals surface area contributed by atoms with E-state index < -0.39 is 35.6 Å². The number of thioether (sulfide) groups is 1. The zero-order chi connectivity index (χ0) is 29.9. The first kappa shape index (κ1) is 30.5. The molecule has 13 heteroatoms. The quantitative estimate of drug-likeness (QED) is 0.390. The molecule has 0 bridgehead atoms. The Morgan fingerprint density at radius 3 is 2.34 bits per heavy atom. The van der Waals surface area contributed by atoms with E-state index in [1.165, 1.54) is 12.0 Å². The van der Waals surface area contributed by atoms with Gasteiger partial charge in [0.1, 0.15) is 5.75 Å². The number of carbonyl (C=O) groups is 3. The van der Waals surface area contributed by atoms with E-state index >= 15 is 0 Å². The molecule has 0 radical (unpaired) electrons. The van der Waals surface area contributed by atoms with Crippen LogP contribution in [0, 0.1) is 5.92 Å². The number of nitrogens with zero attached hydrogens (tertiary/aromatic N) is 3. The summed E-state index contributed by atoms with van der Waals surface area (Å²) in [4.78, 5) is 45.6. The fourth-order valence-electron chi connectivity index (χ4n) is 4.95. The van der Waals surface area contributed by atoms with Crippen LogP contribution in [0.1, 0.15) is 51.6 Å². The first-order chi connectivity index (χ1) is 19.4. The zero-order valence-electron chi connectivity index (χ0n) is 23.2. The Hall–Kier alpha value is -3.48. The molecule has 1 aromatic rings. The maximum Gasteiger partial charge on any atom is 0.434 e. The van der Waals surface area contributed by atoms with Crippen LogP contribution in [-0.4, -0.2) is 71.9 Å². The number of hydrogen-bond acceptors (Lipinski definition) is 9. The summed E-state index contributed by atoms with van der Waals surface area (Å²) in [5.74, 6) is -1.46. The second kappa shape index (κ2) is 12.6. The van der Waals surface area contributed by atoms with Crippen molar-refractivity contribution in [3.8, 4) is 5.75 Å². The van der Waals surface area contributed by atoms with Gasteiger partial charge >= 0.3 is 18.1 Å². The lowest BCUT2D eigenvalue weighted by atomic mass is 9.93. The molecule has 1 unspecified atom stereocenters. The molecule has 1 atom stereocenters. The zero-order valence-corrected chi connectivity index (χ0v) is 24.0. The molecule has 1 amide bonds. The molecule has 1 aromatic carbocycles. The van der Waals surface area contributed by atoms with Gasteiger partial charge in [0.15, 0.2) is 10.9 Å². The Kier molecular flexibility index (Phi) is 9.35. The Labute approximate surface area is 240 Å². The normalized spacial score (nSPS) is 19.6. The fraction of sp³-hybridized carbons (Fsp3) is 0.500. The molecule has 3 aliphatic rings. The predicted molar refractivity (Wildman–Crippen MR) is 146 cm³/mol. The lowest BCUT2D eigenvalue weighted by molar-refractivity contribution is -0.151. The Balaban J connectivity index is 1.66. The molecule has 0 aromatic heterocycles. The molecule has 41 heavy (non-hydrogen) atoms. The summed E-state index contributed by atoms with van der Waals surface area (Å²) >= 11 is 0.957. The van der Waals surface area contributed by atoms with Crippen molar-refractivity contribution in [1.82, 2.24) is 9.80 Å². The third-order valence-corrected chi connectivity index (χ3v) is 7.76. The number of allylic oxidation sites excluding steroid dienone is 1. The number of amidine groups is 1. The van der Waals surface area contributed by atoms with E-state index in [0.717, 1.165) is 11.8 Å². The number of aliphatic imine (C=N–C) groups is 1. The number of piperidine rings is 1. The minimum atomic E-state index is -4.93. The molecule has 4 rings (SSSR count). The third-order valence-electron chi connectivity index (χ3n) is 6.87. The topological polar surface area (TPSA) is 97.7 Å².